The van der Waals surface area contributed by atoms with Gasteiger partial charge in [0.2, 0.25) is 11.8 Å². The SMILES string of the molecule is Cc1ccc2c(=O)cc(C(=O)NC3CCC(=O)NC3=O)oc2c1. The normalized spacial score (nSPS) is 17.9. The molecule has 3 amide bonds. The number of carbonyl (C=O) groups excluding carboxylic acids is 3. The van der Waals surface area contributed by atoms with Crippen LogP contribution in [0.3, 0.4) is 0 Å². The molecule has 0 radical (unpaired) electrons. The molecule has 0 saturated carbocycles. The molecule has 3 rings (SSSR count). The van der Waals surface area contributed by atoms with Crippen LogP contribution in [0.4, 0.5) is 0 Å². The van der Waals surface area contributed by atoms with Crippen LogP contribution in [0.1, 0.15) is 29.0 Å². The smallest absolute Gasteiger partial charge is 0.287 e. The summed E-state index contributed by atoms with van der Waals surface area (Å²) in [5.41, 5.74) is 0.869. The second-order valence-electron chi connectivity index (χ2n) is 5.45. The van der Waals surface area contributed by atoms with Gasteiger partial charge in [-0.05, 0) is 31.0 Å². The maximum Gasteiger partial charge on any atom is 0.287 e. The highest BCUT2D eigenvalue weighted by atomic mass is 16.3. The Hall–Kier alpha value is -2.96. The number of hydrogen-bond donors (Lipinski definition) is 2. The lowest BCUT2D eigenvalue weighted by atomic mass is 10.1. The third-order valence-corrected chi connectivity index (χ3v) is 3.65. The molecule has 118 valence electrons. The van der Waals surface area contributed by atoms with E-state index in [-0.39, 0.29) is 29.9 Å². The van der Waals surface area contributed by atoms with Crippen molar-refractivity contribution in [1.29, 1.82) is 0 Å². The predicted octanol–water partition coefficient (Wildman–Crippen LogP) is 0.636. The van der Waals surface area contributed by atoms with Crippen LogP contribution in [-0.4, -0.2) is 23.8 Å². The van der Waals surface area contributed by atoms with Crippen molar-refractivity contribution in [2.24, 2.45) is 0 Å². The zero-order valence-corrected chi connectivity index (χ0v) is 12.3. The summed E-state index contributed by atoms with van der Waals surface area (Å²) in [6.07, 6.45) is 0.366. The van der Waals surface area contributed by atoms with Crippen LogP contribution in [0.5, 0.6) is 0 Å². The molecule has 2 heterocycles. The maximum absolute atomic E-state index is 12.2. The van der Waals surface area contributed by atoms with Gasteiger partial charge in [-0.15, -0.1) is 0 Å². The van der Waals surface area contributed by atoms with Gasteiger partial charge in [0.15, 0.2) is 11.2 Å². The van der Waals surface area contributed by atoms with Crippen molar-refractivity contribution in [2.75, 3.05) is 0 Å². The van der Waals surface area contributed by atoms with Gasteiger partial charge in [-0.2, -0.15) is 0 Å². The summed E-state index contributed by atoms with van der Waals surface area (Å²) in [4.78, 5) is 47.0. The van der Waals surface area contributed by atoms with Gasteiger partial charge < -0.3 is 9.73 Å². The van der Waals surface area contributed by atoms with Crippen molar-refractivity contribution in [2.45, 2.75) is 25.8 Å². The maximum atomic E-state index is 12.2. The molecular formula is C16H14N2O5. The van der Waals surface area contributed by atoms with E-state index < -0.39 is 17.9 Å². The summed E-state index contributed by atoms with van der Waals surface area (Å²) < 4.78 is 5.47. The topological polar surface area (TPSA) is 105 Å². The van der Waals surface area contributed by atoms with Gasteiger partial charge in [-0.1, -0.05) is 6.07 Å². The molecule has 1 aromatic carbocycles. The van der Waals surface area contributed by atoms with E-state index in [4.69, 9.17) is 4.42 Å². The zero-order chi connectivity index (χ0) is 16.6. The van der Waals surface area contributed by atoms with E-state index in [1.165, 1.54) is 0 Å². The van der Waals surface area contributed by atoms with E-state index in [2.05, 4.69) is 10.6 Å². The molecule has 0 bridgehead atoms. The highest BCUT2D eigenvalue weighted by Gasteiger charge is 2.28. The Morgan fingerprint density at radius 1 is 1.26 bits per heavy atom. The van der Waals surface area contributed by atoms with Crippen LogP contribution < -0.4 is 16.1 Å². The molecule has 7 heteroatoms. The average molecular weight is 314 g/mol. The van der Waals surface area contributed by atoms with E-state index in [1.807, 2.05) is 6.92 Å². The monoisotopic (exact) mass is 314 g/mol. The number of hydrogen-bond acceptors (Lipinski definition) is 5. The van der Waals surface area contributed by atoms with E-state index in [0.717, 1.165) is 11.6 Å². The number of fused-ring (bicyclic) bond motifs is 1. The van der Waals surface area contributed by atoms with Crippen LogP contribution in [0, 0.1) is 6.92 Å². The first-order valence-corrected chi connectivity index (χ1v) is 7.13. The molecule has 1 atom stereocenters. The lowest BCUT2D eigenvalue weighted by molar-refractivity contribution is -0.134. The fourth-order valence-electron chi connectivity index (χ4n) is 2.43. The Bertz CT molecular complexity index is 884. The largest absolute Gasteiger partial charge is 0.451 e. The number of carbonyl (C=O) groups is 3. The Morgan fingerprint density at radius 3 is 2.78 bits per heavy atom. The van der Waals surface area contributed by atoms with Crippen LogP contribution in [0.2, 0.25) is 0 Å². The molecule has 1 aromatic heterocycles. The number of amides is 3. The van der Waals surface area contributed by atoms with Crippen LogP contribution in [0.15, 0.2) is 33.5 Å². The molecule has 0 aliphatic carbocycles. The molecule has 2 N–H and O–H groups in total. The minimum absolute atomic E-state index is 0.150. The molecular weight excluding hydrogens is 300 g/mol. The lowest BCUT2D eigenvalue weighted by Gasteiger charge is -2.21. The number of aryl methyl sites for hydroxylation is 1. The molecule has 0 spiro atoms. The lowest BCUT2D eigenvalue weighted by Crippen LogP contribution is -2.52. The molecule has 1 fully saturated rings. The Balaban J connectivity index is 1.88. The number of rotatable bonds is 2. The number of piperidine rings is 1. The zero-order valence-electron chi connectivity index (χ0n) is 12.3. The second kappa shape index (κ2) is 5.68. The fourth-order valence-corrected chi connectivity index (χ4v) is 2.43. The molecule has 1 aliphatic rings. The summed E-state index contributed by atoms with van der Waals surface area (Å²) >= 11 is 0. The third kappa shape index (κ3) is 2.98. The highest BCUT2D eigenvalue weighted by molar-refractivity contribution is 6.03. The summed E-state index contributed by atoms with van der Waals surface area (Å²) in [5, 5.41) is 5.01. The molecule has 1 saturated heterocycles. The Labute approximate surface area is 130 Å². The van der Waals surface area contributed by atoms with Gasteiger partial charge >= 0.3 is 0 Å². The average Bonchev–Trinajstić information content (AvgIpc) is 2.49. The summed E-state index contributed by atoms with van der Waals surface area (Å²) in [5.74, 6) is -1.76. The first-order chi connectivity index (χ1) is 10.9. The van der Waals surface area contributed by atoms with Crippen molar-refractivity contribution in [3.63, 3.8) is 0 Å². The van der Waals surface area contributed by atoms with Gasteiger partial charge in [0.1, 0.15) is 11.6 Å². The molecule has 1 unspecified atom stereocenters. The third-order valence-electron chi connectivity index (χ3n) is 3.65. The van der Waals surface area contributed by atoms with Crippen LogP contribution in [0.25, 0.3) is 11.0 Å². The minimum atomic E-state index is -0.821. The van der Waals surface area contributed by atoms with Crippen molar-refractivity contribution in [1.82, 2.24) is 10.6 Å². The first-order valence-electron chi connectivity index (χ1n) is 7.13. The molecule has 2 aromatic rings. The Morgan fingerprint density at radius 2 is 2.04 bits per heavy atom. The first kappa shape index (κ1) is 15.0. The Kier molecular flexibility index (Phi) is 3.69. The highest BCUT2D eigenvalue weighted by Crippen LogP contribution is 2.15. The van der Waals surface area contributed by atoms with Crippen LogP contribution >= 0.6 is 0 Å². The number of imide groups is 1. The van der Waals surface area contributed by atoms with Crippen LogP contribution in [-0.2, 0) is 9.59 Å². The standard InChI is InChI=1S/C16H14N2O5/c1-8-2-3-9-11(19)7-13(23-12(9)6-8)16(22)17-10-4-5-14(20)18-15(10)21/h2-3,6-7,10H,4-5H2,1H3,(H,17,22)(H,18,20,21). The van der Waals surface area contributed by atoms with Gasteiger partial charge in [0.25, 0.3) is 5.91 Å². The molecule has 7 nitrogen and oxygen atoms in total. The van der Waals surface area contributed by atoms with E-state index in [0.29, 0.717) is 11.0 Å². The van der Waals surface area contributed by atoms with Gasteiger partial charge in [-0.25, -0.2) is 0 Å². The summed E-state index contributed by atoms with van der Waals surface area (Å²) in [7, 11) is 0. The number of benzene rings is 1. The van der Waals surface area contributed by atoms with Gasteiger partial charge in [-0.3, -0.25) is 24.5 Å². The summed E-state index contributed by atoms with van der Waals surface area (Å²) in [6.45, 7) is 1.84. The second-order valence-corrected chi connectivity index (χ2v) is 5.45. The van der Waals surface area contributed by atoms with Crippen molar-refractivity contribution in [3.05, 3.63) is 45.8 Å². The van der Waals surface area contributed by atoms with E-state index in [1.54, 1.807) is 18.2 Å². The molecule has 1 aliphatic heterocycles. The number of nitrogens with one attached hydrogen (secondary N) is 2. The predicted molar refractivity (Wildman–Crippen MR) is 80.9 cm³/mol. The van der Waals surface area contributed by atoms with E-state index in [9.17, 15) is 19.2 Å². The summed E-state index contributed by atoms with van der Waals surface area (Å²) in [6, 6.07) is 5.36. The van der Waals surface area contributed by atoms with Crippen molar-refractivity contribution < 1.29 is 18.8 Å². The van der Waals surface area contributed by atoms with E-state index >= 15 is 0 Å². The van der Waals surface area contributed by atoms with Crippen molar-refractivity contribution >= 4 is 28.7 Å². The van der Waals surface area contributed by atoms with Crippen molar-refractivity contribution in [3.8, 4) is 0 Å². The van der Waals surface area contributed by atoms with Gasteiger partial charge in [0.05, 0.1) is 5.39 Å². The quantitative estimate of drug-likeness (QED) is 0.791. The fraction of sp³-hybridized carbons (Fsp3) is 0.250. The molecule has 23 heavy (non-hydrogen) atoms. The van der Waals surface area contributed by atoms with Gasteiger partial charge in [0, 0.05) is 12.5 Å². The minimum Gasteiger partial charge on any atom is -0.451 e.